The first kappa shape index (κ1) is 14.8. The molecule has 0 saturated carbocycles. The minimum absolute atomic E-state index is 0.278. The third-order valence-corrected chi connectivity index (χ3v) is 2.46. The van der Waals surface area contributed by atoms with Gasteiger partial charge >= 0.3 is 0 Å². The molecule has 1 saturated heterocycles. The van der Waals surface area contributed by atoms with Gasteiger partial charge < -0.3 is 24.8 Å². The highest BCUT2D eigenvalue weighted by molar-refractivity contribution is 4.87. The van der Waals surface area contributed by atoms with E-state index in [-0.39, 0.29) is 6.61 Å². The Kier molecular flexibility index (Phi) is 7.04. The van der Waals surface area contributed by atoms with E-state index >= 15 is 0 Å². The Labute approximate surface area is 90.6 Å². The lowest BCUT2D eigenvalue weighted by Gasteiger charge is -2.40. The molecule has 0 aromatic heterocycles. The molecule has 1 fully saturated rings. The number of ether oxygens (including phenoxy) is 2. The molecule has 5 nitrogen and oxygen atoms in total. The van der Waals surface area contributed by atoms with Crippen molar-refractivity contribution in [3.63, 3.8) is 0 Å². The molecule has 0 aromatic carbocycles. The Morgan fingerprint density at radius 1 is 1.27 bits per heavy atom. The van der Waals surface area contributed by atoms with E-state index in [1.54, 1.807) is 6.92 Å². The van der Waals surface area contributed by atoms with Gasteiger partial charge in [-0.15, -0.1) is 0 Å². The molecule has 3 N–H and O–H groups in total. The second-order valence-corrected chi connectivity index (χ2v) is 3.30. The van der Waals surface area contributed by atoms with E-state index in [0.29, 0.717) is 0 Å². The molecular weight excluding hydrogens is 200 g/mol. The molecule has 1 heterocycles. The maximum atomic E-state index is 9.63. The van der Waals surface area contributed by atoms with Gasteiger partial charge in [0.1, 0.15) is 12.2 Å². The molecule has 5 atom stereocenters. The average Bonchev–Trinajstić information content (AvgIpc) is 2.28. The van der Waals surface area contributed by atoms with Crippen LogP contribution >= 0.6 is 0 Å². The molecule has 0 amide bonds. The lowest BCUT2D eigenvalue weighted by Crippen LogP contribution is -2.55. The zero-order valence-corrected chi connectivity index (χ0v) is 9.75. The number of hydrogen-bond acceptors (Lipinski definition) is 5. The highest BCUT2D eigenvalue weighted by atomic mass is 16.6. The van der Waals surface area contributed by atoms with Crippen LogP contribution in [-0.4, -0.2) is 53.6 Å². The number of rotatable bonds is 2. The van der Waals surface area contributed by atoms with Crippen molar-refractivity contribution in [1.82, 2.24) is 0 Å². The molecule has 1 rings (SSSR count). The summed E-state index contributed by atoms with van der Waals surface area (Å²) in [5.74, 6) is -0.409. The maximum Gasteiger partial charge on any atom is 0.160 e. The van der Waals surface area contributed by atoms with Crippen LogP contribution in [0.3, 0.4) is 0 Å². The smallest absolute Gasteiger partial charge is 0.160 e. The summed E-state index contributed by atoms with van der Waals surface area (Å²) in [6.45, 7) is 5.38. The van der Waals surface area contributed by atoms with Crippen molar-refractivity contribution < 1.29 is 24.8 Å². The van der Waals surface area contributed by atoms with Crippen molar-refractivity contribution in [1.29, 1.82) is 0 Å². The Hall–Kier alpha value is -0.200. The molecule has 15 heavy (non-hydrogen) atoms. The fraction of sp³-hybridized carbons (Fsp3) is 1.00. The lowest BCUT2D eigenvalue weighted by molar-refractivity contribution is -0.270. The summed E-state index contributed by atoms with van der Waals surface area (Å²) in [7, 11) is 1.43. The standard InChI is InChI=1S/C8H16O5.C2H6/c1-4-6(10)7(12-2)5(3-9)13-8(4)11;1-2/h4-11H,3H2,1-2H3;1-2H3. The molecule has 1 aliphatic rings. The summed E-state index contributed by atoms with van der Waals surface area (Å²) in [6, 6.07) is 0. The predicted octanol–water partition coefficient (Wildman–Crippen LogP) is -0.266. The van der Waals surface area contributed by atoms with Gasteiger partial charge in [-0.1, -0.05) is 20.8 Å². The molecule has 0 radical (unpaired) electrons. The minimum atomic E-state index is -1.04. The van der Waals surface area contributed by atoms with E-state index < -0.39 is 30.5 Å². The Morgan fingerprint density at radius 2 is 1.80 bits per heavy atom. The van der Waals surface area contributed by atoms with Crippen molar-refractivity contribution >= 4 is 0 Å². The highest BCUT2D eigenvalue weighted by Gasteiger charge is 2.42. The Bertz CT molecular complexity index is 162. The molecule has 5 unspecified atom stereocenters. The van der Waals surface area contributed by atoms with Crippen LogP contribution in [0.1, 0.15) is 20.8 Å². The van der Waals surface area contributed by atoms with Crippen molar-refractivity contribution in [2.24, 2.45) is 5.92 Å². The normalized spacial score (nSPS) is 40.6. The molecule has 0 bridgehead atoms. The van der Waals surface area contributed by atoms with Gasteiger partial charge in [0.15, 0.2) is 6.29 Å². The third-order valence-electron chi connectivity index (χ3n) is 2.46. The molecule has 0 aliphatic carbocycles. The van der Waals surface area contributed by atoms with Crippen LogP contribution < -0.4 is 0 Å². The summed E-state index contributed by atoms with van der Waals surface area (Å²) in [4.78, 5) is 0. The van der Waals surface area contributed by atoms with Crippen molar-refractivity contribution in [3.05, 3.63) is 0 Å². The van der Waals surface area contributed by atoms with Gasteiger partial charge in [-0.25, -0.2) is 0 Å². The summed E-state index contributed by atoms with van der Waals surface area (Å²) in [5.41, 5.74) is 0. The quantitative estimate of drug-likeness (QED) is 0.599. The number of aliphatic hydroxyl groups is 3. The highest BCUT2D eigenvalue weighted by Crippen LogP contribution is 2.25. The minimum Gasteiger partial charge on any atom is -0.394 e. The van der Waals surface area contributed by atoms with E-state index in [1.807, 2.05) is 13.8 Å². The van der Waals surface area contributed by atoms with E-state index in [2.05, 4.69) is 0 Å². The summed E-state index contributed by atoms with van der Waals surface area (Å²) in [5, 5.41) is 27.8. The van der Waals surface area contributed by atoms with Gasteiger partial charge in [-0.2, -0.15) is 0 Å². The zero-order chi connectivity index (χ0) is 12.0. The zero-order valence-electron chi connectivity index (χ0n) is 9.75. The number of hydrogen-bond donors (Lipinski definition) is 3. The van der Waals surface area contributed by atoms with Crippen LogP contribution in [0.15, 0.2) is 0 Å². The molecule has 5 heteroatoms. The molecule has 0 spiro atoms. The first-order chi connectivity index (χ1) is 7.11. The SMILES string of the molecule is CC.COC1C(CO)OC(O)C(C)C1O. The van der Waals surface area contributed by atoms with Gasteiger partial charge in [0, 0.05) is 13.0 Å². The van der Waals surface area contributed by atoms with Gasteiger partial charge in [0.25, 0.3) is 0 Å². The maximum absolute atomic E-state index is 9.63. The van der Waals surface area contributed by atoms with Crippen LogP contribution in [-0.2, 0) is 9.47 Å². The van der Waals surface area contributed by atoms with Crippen LogP contribution in [0.2, 0.25) is 0 Å². The Morgan fingerprint density at radius 3 is 2.20 bits per heavy atom. The van der Waals surface area contributed by atoms with Gasteiger partial charge in [-0.05, 0) is 0 Å². The fourth-order valence-corrected chi connectivity index (χ4v) is 1.51. The third kappa shape index (κ3) is 3.39. The molecule has 0 aromatic rings. The van der Waals surface area contributed by atoms with E-state index in [4.69, 9.17) is 14.6 Å². The first-order valence-corrected chi connectivity index (χ1v) is 5.27. The number of methoxy groups -OCH3 is 1. The second-order valence-electron chi connectivity index (χ2n) is 3.30. The average molecular weight is 222 g/mol. The van der Waals surface area contributed by atoms with E-state index in [9.17, 15) is 10.2 Å². The number of aliphatic hydroxyl groups excluding tert-OH is 3. The molecule has 92 valence electrons. The Balaban J connectivity index is 0.000000921. The first-order valence-electron chi connectivity index (χ1n) is 5.27. The monoisotopic (exact) mass is 222 g/mol. The van der Waals surface area contributed by atoms with Gasteiger partial charge in [-0.3, -0.25) is 0 Å². The summed E-state index contributed by atoms with van der Waals surface area (Å²) in [6.07, 6.45) is -3.10. The molecule has 1 aliphatic heterocycles. The van der Waals surface area contributed by atoms with Crippen LogP contribution in [0.25, 0.3) is 0 Å². The predicted molar refractivity (Wildman–Crippen MR) is 55.3 cm³/mol. The van der Waals surface area contributed by atoms with Crippen LogP contribution in [0.4, 0.5) is 0 Å². The van der Waals surface area contributed by atoms with Crippen molar-refractivity contribution in [2.45, 2.75) is 45.4 Å². The second kappa shape index (κ2) is 7.14. The van der Waals surface area contributed by atoms with Crippen LogP contribution in [0.5, 0.6) is 0 Å². The largest absolute Gasteiger partial charge is 0.394 e. The van der Waals surface area contributed by atoms with Crippen LogP contribution in [0, 0.1) is 5.92 Å². The summed E-state index contributed by atoms with van der Waals surface area (Å²) < 4.78 is 10.0. The van der Waals surface area contributed by atoms with E-state index in [1.165, 1.54) is 7.11 Å². The molecular formula is C10H22O5. The lowest BCUT2D eigenvalue weighted by atomic mass is 9.92. The topological polar surface area (TPSA) is 79.2 Å². The van der Waals surface area contributed by atoms with Crippen molar-refractivity contribution in [3.8, 4) is 0 Å². The summed E-state index contributed by atoms with van der Waals surface area (Å²) >= 11 is 0. The van der Waals surface area contributed by atoms with Crippen molar-refractivity contribution in [2.75, 3.05) is 13.7 Å². The van der Waals surface area contributed by atoms with E-state index in [0.717, 1.165) is 0 Å². The van der Waals surface area contributed by atoms with Gasteiger partial charge in [0.05, 0.1) is 12.7 Å². The van der Waals surface area contributed by atoms with Gasteiger partial charge in [0.2, 0.25) is 0 Å². The fourth-order valence-electron chi connectivity index (χ4n) is 1.51.